The molecule has 0 aromatic heterocycles. The van der Waals surface area contributed by atoms with Crippen molar-refractivity contribution in [1.29, 1.82) is 0 Å². The maximum Gasteiger partial charge on any atom is 0.0164 e. The molecule has 0 bridgehead atoms. The Morgan fingerprint density at radius 3 is 1.25 bits per heavy atom. The van der Waals surface area contributed by atoms with Crippen LogP contribution in [0.1, 0.15) is 0 Å². The Morgan fingerprint density at radius 2 is 0.929 bits per heavy atom. The molecule has 0 saturated carbocycles. The van der Waals surface area contributed by atoms with Gasteiger partial charge in [-0.3, -0.25) is 19.6 Å². The number of hydrogen-bond acceptors (Lipinski definition) is 5. The maximum absolute atomic E-state index is 3.88. The van der Waals surface area contributed by atoms with E-state index in [1.807, 2.05) is 24.3 Å². The second-order valence-corrected chi connectivity index (χ2v) is 7.66. The molecule has 0 radical (unpaired) electrons. The second kappa shape index (κ2) is 15.7. The second-order valence-electron chi connectivity index (χ2n) is 7.66. The first kappa shape index (κ1) is 24.8. The Hall–Kier alpha value is -1.24. The molecule has 5 nitrogen and oxygen atoms in total. The molecule has 160 valence electrons. The molecule has 0 N–H and O–H groups in total. The van der Waals surface area contributed by atoms with Gasteiger partial charge in [-0.25, -0.2) is 0 Å². The van der Waals surface area contributed by atoms with Crippen LogP contribution >= 0.6 is 0 Å². The van der Waals surface area contributed by atoms with Crippen molar-refractivity contribution in [3.8, 4) is 0 Å². The average molecular weight is 390 g/mol. The van der Waals surface area contributed by atoms with E-state index in [2.05, 4.69) is 57.9 Å². The summed E-state index contributed by atoms with van der Waals surface area (Å²) in [6, 6.07) is 0. The average Bonchev–Trinajstić information content (AvgIpc) is 2.76. The van der Waals surface area contributed by atoms with Gasteiger partial charge in [-0.1, -0.05) is 24.3 Å². The van der Waals surface area contributed by atoms with Gasteiger partial charge in [0.15, 0.2) is 0 Å². The minimum absolute atomic E-state index is 0.925. The van der Waals surface area contributed by atoms with Crippen LogP contribution in [0.3, 0.4) is 0 Å². The number of nitrogens with zero attached hydrogens (tertiary/aromatic N) is 5. The van der Waals surface area contributed by atoms with Crippen LogP contribution in [-0.2, 0) is 0 Å². The van der Waals surface area contributed by atoms with Crippen molar-refractivity contribution >= 4 is 0 Å². The smallest absolute Gasteiger partial charge is 0.0164 e. The van der Waals surface area contributed by atoms with Crippen LogP contribution in [0, 0.1) is 0 Å². The van der Waals surface area contributed by atoms with Gasteiger partial charge < -0.3 is 4.90 Å². The largest absolute Gasteiger partial charge is 0.304 e. The monoisotopic (exact) mass is 389 g/mol. The van der Waals surface area contributed by atoms with Crippen molar-refractivity contribution in [2.45, 2.75) is 0 Å². The summed E-state index contributed by atoms with van der Waals surface area (Å²) in [7, 11) is 2.24. The van der Waals surface area contributed by atoms with E-state index in [1.165, 1.54) is 0 Å². The maximum atomic E-state index is 3.88. The first-order chi connectivity index (χ1) is 13.6. The predicted octanol–water partition coefficient (Wildman–Crippen LogP) is 1.88. The Bertz CT molecular complexity index is 390. The minimum Gasteiger partial charge on any atom is -0.304 e. The summed E-state index contributed by atoms with van der Waals surface area (Å²) in [6.45, 7) is 30.4. The van der Waals surface area contributed by atoms with Crippen molar-refractivity contribution in [3.63, 3.8) is 0 Å². The molecule has 1 aliphatic heterocycles. The molecular weight excluding hydrogens is 346 g/mol. The van der Waals surface area contributed by atoms with Gasteiger partial charge in [0.05, 0.1) is 0 Å². The van der Waals surface area contributed by atoms with Gasteiger partial charge in [0.25, 0.3) is 0 Å². The normalized spacial score (nSPS) is 17.8. The van der Waals surface area contributed by atoms with E-state index in [0.717, 1.165) is 91.6 Å². The molecule has 0 atom stereocenters. The van der Waals surface area contributed by atoms with Crippen LogP contribution in [0.5, 0.6) is 0 Å². The molecule has 5 heteroatoms. The summed E-state index contributed by atoms with van der Waals surface area (Å²) in [5.74, 6) is 0. The van der Waals surface area contributed by atoms with Gasteiger partial charge in [-0.05, 0) is 7.05 Å². The fourth-order valence-electron chi connectivity index (χ4n) is 3.50. The molecule has 1 aliphatic rings. The van der Waals surface area contributed by atoms with Gasteiger partial charge in [-0.15, -0.1) is 26.3 Å². The van der Waals surface area contributed by atoms with Crippen LogP contribution in [0.15, 0.2) is 50.6 Å². The molecule has 1 rings (SSSR count). The predicted molar refractivity (Wildman–Crippen MR) is 124 cm³/mol. The molecule has 1 saturated heterocycles. The number of rotatable bonds is 14. The summed E-state index contributed by atoms with van der Waals surface area (Å²) in [4.78, 5) is 12.5. The fraction of sp³-hybridized carbons (Fsp3) is 0.652. The van der Waals surface area contributed by atoms with E-state index in [4.69, 9.17) is 0 Å². The third kappa shape index (κ3) is 10.9. The Labute approximate surface area is 174 Å². The number of likely N-dealkylation sites (N-methyl/N-ethyl adjacent to an activating group) is 1. The molecule has 1 heterocycles. The Morgan fingerprint density at radius 1 is 0.607 bits per heavy atom. The fourth-order valence-corrected chi connectivity index (χ4v) is 3.50. The van der Waals surface area contributed by atoms with E-state index in [-0.39, 0.29) is 0 Å². The molecule has 0 aromatic carbocycles. The topological polar surface area (TPSA) is 16.2 Å². The zero-order valence-corrected chi connectivity index (χ0v) is 18.3. The van der Waals surface area contributed by atoms with Crippen molar-refractivity contribution in [2.24, 2.45) is 0 Å². The van der Waals surface area contributed by atoms with Crippen LogP contribution < -0.4 is 0 Å². The highest BCUT2D eigenvalue weighted by atomic mass is 15.3. The highest BCUT2D eigenvalue weighted by molar-refractivity contribution is 4.82. The van der Waals surface area contributed by atoms with Crippen molar-refractivity contribution in [1.82, 2.24) is 24.5 Å². The lowest BCUT2D eigenvalue weighted by Gasteiger charge is -2.29. The SMILES string of the molecule is C=CCN(CC=C)CCN1CCN(C)CCN(CCN(CC=C)CC=C)CC1. The lowest BCUT2D eigenvalue weighted by atomic mass is 10.3. The summed E-state index contributed by atoms with van der Waals surface area (Å²) < 4.78 is 0. The zero-order chi connectivity index (χ0) is 20.6. The van der Waals surface area contributed by atoms with Crippen LogP contribution in [0.2, 0.25) is 0 Å². The quantitative estimate of drug-likeness (QED) is 0.421. The summed E-state index contributed by atoms with van der Waals surface area (Å²) in [5, 5.41) is 0. The van der Waals surface area contributed by atoms with E-state index in [0.29, 0.717) is 0 Å². The van der Waals surface area contributed by atoms with Gasteiger partial charge in [0.2, 0.25) is 0 Å². The molecule has 0 unspecified atom stereocenters. The first-order valence-corrected chi connectivity index (χ1v) is 10.6. The van der Waals surface area contributed by atoms with E-state index in [1.54, 1.807) is 0 Å². The molecular formula is C23H43N5. The van der Waals surface area contributed by atoms with Crippen molar-refractivity contribution < 1.29 is 0 Å². The molecule has 28 heavy (non-hydrogen) atoms. The van der Waals surface area contributed by atoms with Crippen molar-refractivity contribution in [2.75, 3.05) is 98.7 Å². The highest BCUT2D eigenvalue weighted by Gasteiger charge is 2.16. The van der Waals surface area contributed by atoms with Gasteiger partial charge in [0, 0.05) is 91.6 Å². The van der Waals surface area contributed by atoms with E-state index >= 15 is 0 Å². The summed E-state index contributed by atoms with van der Waals surface area (Å²) >= 11 is 0. The third-order valence-corrected chi connectivity index (χ3v) is 5.34. The third-order valence-electron chi connectivity index (χ3n) is 5.34. The Kier molecular flexibility index (Phi) is 13.9. The Balaban J connectivity index is 2.55. The highest BCUT2D eigenvalue weighted by Crippen LogP contribution is 2.02. The minimum atomic E-state index is 0.925. The zero-order valence-electron chi connectivity index (χ0n) is 18.3. The molecule has 0 aliphatic carbocycles. The van der Waals surface area contributed by atoms with Crippen molar-refractivity contribution in [3.05, 3.63) is 50.6 Å². The molecule has 0 spiro atoms. The summed E-state index contributed by atoms with van der Waals surface area (Å²) in [6.07, 6.45) is 7.93. The first-order valence-electron chi connectivity index (χ1n) is 10.6. The van der Waals surface area contributed by atoms with Gasteiger partial charge >= 0.3 is 0 Å². The van der Waals surface area contributed by atoms with E-state index < -0.39 is 0 Å². The molecule has 0 aromatic rings. The molecule has 1 fully saturated rings. The lowest BCUT2D eigenvalue weighted by Crippen LogP contribution is -2.42. The van der Waals surface area contributed by atoms with Gasteiger partial charge in [0.1, 0.15) is 0 Å². The van der Waals surface area contributed by atoms with Crippen LogP contribution in [0.25, 0.3) is 0 Å². The lowest BCUT2D eigenvalue weighted by molar-refractivity contribution is 0.184. The summed E-state index contributed by atoms with van der Waals surface area (Å²) in [5.41, 5.74) is 0. The van der Waals surface area contributed by atoms with E-state index in [9.17, 15) is 0 Å². The van der Waals surface area contributed by atoms with Crippen LogP contribution in [0.4, 0.5) is 0 Å². The molecule has 0 amide bonds. The van der Waals surface area contributed by atoms with Gasteiger partial charge in [-0.2, -0.15) is 0 Å². The van der Waals surface area contributed by atoms with Crippen LogP contribution in [-0.4, -0.2) is 123 Å². The standard InChI is InChI=1S/C23H43N5/c1-6-10-25(11-7-2)18-20-27-16-14-24(5)15-17-28(23-22-27)21-19-26(12-8-3)13-9-4/h6-9H,1-4,10-23H2,5H3. The number of hydrogen-bond donors (Lipinski definition) is 0.